The number of hydrogen-bond acceptors (Lipinski definition) is 2. The fraction of sp³-hybridized carbons (Fsp3) is 0.636. The number of carboxylic acid groups (broad SMARTS) is 1. The van der Waals surface area contributed by atoms with Gasteiger partial charge in [0.25, 0.3) is 0 Å². The standard InChI is InChI=1S/C11H17NO3/c1-7(9-3-4-9)5-10(13)12-6-8(2)11(14)15/h5,8-9H,3-4,6H2,1-2H3,(H,12,13)(H,14,15)/b7-5-. The maximum absolute atomic E-state index is 11.3. The Balaban J connectivity index is 2.29. The third kappa shape index (κ3) is 4.14. The molecule has 1 atom stereocenters. The molecule has 0 saturated heterocycles. The van der Waals surface area contributed by atoms with Crippen molar-refractivity contribution < 1.29 is 14.7 Å². The second-order valence-electron chi connectivity index (χ2n) is 4.15. The quantitative estimate of drug-likeness (QED) is 0.671. The first-order valence-corrected chi connectivity index (χ1v) is 5.19. The zero-order valence-corrected chi connectivity index (χ0v) is 9.12. The number of rotatable bonds is 5. The Morgan fingerprint density at radius 1 is 1.53 bits per heavy atom. The summed E-state index contributed by atoms with van der Waals surface area (Å²) in [7, 11) is 0. The molecule has 1 amide bonds. The smallest absolute Gasteiger partial charge is 0.308 e. The molecule has 1 aliphatic rings. The fourth-order valence-corrected chi connectivity index (χ4v) is 1.26. The van der Waals surface area contributed by atoms with Crippen LogP contribution >= 0.6 is 0 Å². The molecule has 0 bridgehead atoms. The van der Waals surface area contributed by atoms with Gasteiger partial charge in [0.1, 0.15) is 0 Å². The highest BCUT2D eigenvalue weighted by molar-refractivity contribution is 5.88. The fourth-order valence-electron chi connectivity index (χ4n) is 1.26. The molecule has 1 saturated carbocycles. The Morgan fingerprint density at radius 3 is 2.60 bits per heavy atom. The molecule has 1 aliphatic carbocycles. The van der Waals surface area contributed by atoms with Crippen molar-refractivity contribution in [3.63, 3.8) is 0 Å². The van der Waals surface area contributed by atoms with Gasteiger partial charge in [0, 0.05) is 12.6 Å². The molecule has 4 nitrogen and oxygen atoms in total. The van der Waals surface area contributed by atoms with E-state index < -0.39 is 11.9 Å². The van der Waals surface area contributed by atoms with Gasteiger partial charge in [0.2, 0.25) is 5.91 Å². The van der Waals surface area contributed by atoms with E-state index in [9.17, 15) is 9.59 Å². The van der Waals surface area contributed by atoms with E-state index in [-0.39, 0.29) is 12.5 Å². The zero-order chi connectivity index (χ0) is 11.4. The lowest BCUT2D eigenvalue weighted by Gasteiger charge is -2.06. The SMILES string of the molecule is C/C(=C/C(=O)NCC(C)C(=O)O)C1CC1. The molecule has 84 valence electrons. The van der Waals surface area contributed by atoms with E-state index in [1.54, 1.807) is 13.0 Å². The number of carbonyl (C=O) groups is 2. The van der Waals surface area contributed by atoms with Crippen LogP contribution in [0, 0.1) is 11.8 Å². The molecule has 15 heavy (non-hydrogen) atoms. The van der Waals surface area contributed by atoms with Crippen LogP contribution in [0.15, 0.2) is 11.6 Å². The van der Waals surface area contributed by atoms with Crippen molar-refractivity contribution in [3.8, 4) is 0 Å². The average Bonchev–Trinajstić information content (AvgIpc) is 2.96. The molecule has 0 aromatic carbocycles. The Bertz CT molecular complexity index is 292. The number of aliphatic carboxylic acids is 1. The van der Waals surface area contributed by atoms with Crippen LogP contribution in [-0.2, 0) is 9.59 Å². The maximum Gasteiger partial charge on any atom is 0.308 e. The highest BCUT2D eigenvalue weighted by Crippen LogP contribution is 2.35. The average molecular weight is 211 g/mol. The molecule has 1 unspecified atom stereocenters. The summed E-state index contributed by atoms with van der Waals surface area (Å²) in [5, 5.41) is 11.2. The van der Waals surface area contributed by atoms with Gasteiger partial charge in [-0.15, -0.1) is 0 Å². The van der Waals surface area contributed by atoms with E-state index in [2.05, 4.69) is 5.32 Å². The molecule has 1 rings (SSSR count). The lowest BCUT2D eigenvalue weighted by atomic mass is 10.1. The second kappa shape index (κ2) is 4.96. The lowest BCUT2D eigenvalue weighted by Crippen LogP contribution is -2.30. The molecule has 0 heterocycles. The molecular weight excluding hydrogens is 194 g/mol. The number of hydrogen-bond donors (Lipinski definition) is 2. The number of amides is 1. The highest BCUT2D eigenvalue weighted by atomic mass is 16.4. The predicted molar refractivity (Wildman–Crippen MR) is 56.3 cm³/mol. The minimum absolute atomic E-state index is 0.183. The summed E-state index contributed by atoms with van der Waals surface area (Å²) in [6, 6.07) is 0. The van der Waals surface area contributed by atoms with Crippen LogP contribution in [0.25, 0.3) is 0 Å². The molecule has 0 radical (unpaired) electrons. The van der Waals surface area contributed by atoms with E-state index >= 15 is 0 Å². The van der Waals surface area contributed by atoms with Crippen molar-refractivity contribution in [3.05, 3.63) is 11.6 Å². The van der Waals surface area contributed by atoms with Crippen LogP contribution in [0.1, 0.15) is 26.7 Å². The van der Waals surface area contributed by atoms with E-state index in [1.807, 2.05) is 6.92 Å². The second-order valence-corrected chi connectivity index (χ2v) is 4.15. The first kappa shape index (κ1) is 11.8. The monoisotopic (exact) mass is 211 g/mol. The first-order chi connectivity index (χ1) is 7.00. The van der Waals surface area contributed by atoms with Gasteiger partial charge in [0.15, 0.2) is 0 Å². The summed E-state index contributed by atoms with van der Waals surface area (Å²) in [6.07, 6.45) is 3.91. The molecule has 0 aromatic rings. The molecule has 0 aromatic heterocycles. The highest BCUT2D eigenvalue weighted by Gasteiger charge is 2.23. The van der Waals surface area contributed by atoms with Gasteiger partial charge in [-0.3, -0.25) is 9.59 Å². The predicted octanol–water partition coefficient (Wildman–Crippen LogP) is 1.18. The van der Waals surface area contributed by atoms with Gasteiger partial charge in [-0.1, -0.05) is 12.5 Å². The summed E-state index contributed by atoms with van der Waals surface area (Å²) in [5.74, 6) is -1.04. The van der Waals surface area contributed by atoms with Gasteiger partial charge in [-0.25, -0.2) is 0 Å². The lowest BCUT2D eigenvalue weighted by molar-refractivity contribution is -0.141. The van der Waals surface area contributed by atoms with Crippen LogP contribution in [0.3, 0.4) is 0 Å². The Morgan fingerprint density at radius 2 is 2.13 bits per heavy atom. The van der Waals surface area contributed by atoms with Crippen LogP contribution < -0.4 is 5.32 Å². The first-order valence-electron chi connectivity index (χ1n) is 5.19. The summed E-state index contributed by atoms with van der Waals surface area (Å²) in [5.41, 5.74) is 1.09. The van der Waals surface area contributed by atoms with Crippen LogP contribution in [0.2, 0.25) is 0 Å². The molecule has 2 N–H and O–H groups in total. The van der Waals surface area contributed by atoms with Crippen molar-refractivity contribution in [2.24, 2.45) is 11.8 Å². The molecule has 0 spiro atoms. The Labute approximate surface area is 89.4 Å². The van der Waals surface area contributed by atoms with Crippen LogP contribution in [0.4, 0.5) is 0 Å². The van der Waals surface area contributed by atoms with Crippen molar-refractivity contribution in [1.82, 2.24) is 5.32 Å². The minimum atomic E-state index is -0.891. The molecule has 4 heteroatoms. The van der Waals surface area contributed by atoms with Crippen molar-refractivity contribution >= 4 is 11.9 Å². The van der Waals surface area contributed by atoms with Gasteiger partial charge < -0.3 is 10.4 Å². The third-order valence-corrected chi connectivity index (χ3v) is 2.58. The summed E-state index contributed by atoms with van der Waals surface area (Å²) < 4.78 is 0. The van der Waals surface area contributed by atoms with E-state index in [1.165, 1.54) is 12.8 Å². The normalized spacial score (nSPS) is 18.4. The number of nitrogens with one attached hydrogen (secondary N) is 1. The maximum atomic E-state index is 11.3. The summed E-state index contributed by atoms with van der Waals surface area (Å²) >= 11 is 0. The Kier molecular flexibility index (Phi) is 3.88. The number of carboxylic acids is 1. The molecule has 0 aliphatic heterocycles. The number of allylic oxidation sites excluding steroid dienone is 1. The summed E-state index contributed by atoms with van der Waals surface area (Å²) in [6.45, 7) is 3.69. The van der Waals surface area contributed by atoms with E-state index in [0.717, 1.165) is 5.57 Å². The topological polar surface area (TPSA) is 66.4 Å². The van der Waals surface area contributed by atoms with Gasteiger partial charge in [0.05, 0.1) is 5.92 Å². The number of carbonyl (C=O) groups excluding carboxylic acids is 1. The van der Waals surface area contributed by atoms with E-state index in [4.69, 9.17) is 5.11 Å². The Hall–Kier alpha value is -1.32. The van der Waals surface area contributed by atoms with Crippen molar-refractivity contribution in [2.45, 2.75) is 26.7 Å². The van der Waals surface area contributed by atoms with Gasteiger partial charge in [-0.2, -0.15) is 0 Å². The van der Waals surface area contributed by atoms with Gasteiger partial charge in [-0.05, 0) is 25.7 Å². The van der Waals surface area contributed by atoms with Crippen LogP contribution in [-0.4, -0.2) is 23.5 Å². The summed E-state index contributed by atoms with van der Waals surface area (Å²) in [4.78, 5) is 21.8. The molecular formula is C11H17NO3. The molecule has 1 fully saturated rings. The largest absolute Gasteiger partial charge is 0.481 e. The van der Waals surface area contributed by atoms with Crippen molar-refractivity contribution in [2.75, 3.05) is 6.54 Å². The van der Waals surface area contributed by atoms with E-state index in [0.29, 0.717) is 5.92 Å². The minimum Gasteiger partial charge on any atom is -0.481 e. The van der Waals surface area contributed by atoms with Gasteiger partial charge >= 0.3 is 5.97 Å². The zero-order valence-electron chi connectivity index (χ0n) is 9.12. The van der Waals surface area contributed by atoms with Crippen molar-refractivity contribution in [1.29, 1.82) is 0 Å². The third-order valence-electron chi connectivity index (χ3n) is 2.58. The van der Waals surface area contributed by atoms with Crippen LogP contribution in [0.5, 0.6) is 0 Å².